The van der Waals surface area contributed by atoms with Crippen LogP contribution >= 0.6 is 11.3 Å². The van der Waals surface area contributed by atoms with Gasteiger partial charge in [-0.2, -0.15) is 0 Å². The number of thiophene rings is 1. The van der Waals surface area contributed by atoms with Gasteiger partial charge in [-0.3, -0.25) is 5.10 Å². The van der Waals surface area contributed by atoms with E-state index in [9.17, 15) is 0 Å². The summed E-state index contributed by atoms with van der Waals surface area (Å²) in [4.78, 5) is 1.32. The Hall–Kier alpha value is -1.85. The molecule has 4 nitrogen and oxygen atoms in total. The van der Waals surface area contributed by atoms with Gasteiger partial charge in [-0.25, -0.2) is 0 Å². The van der Waals surface area contributed by atoms with Gasteiger partial charge in [0, 0.05) is 33.4 Å². The summed E-state index contributed by atoms with van der Waals surface area (Å²) in [7, 11) is 1.96. The van der Waals surface area contributed by atoms with E-state index >= 15 is 0 Å². The lowest BCUT2D eigenvalue weighted by molar-refractivity contribution is 0.294. The van der Waals surface area contributed by atoms with Crippen LogP contribution in [0.25, 0.3) is 10.1 Å². The second-order valence-corrected chi connectivity index (χ2v) is 5.84. The number of aromatic nitrogens is 2. The second-order valence-electron chi connectivity index (χ2n) is 4.71. The lowest BCUT2D eigenvalue weighted by Crippen LogP contribution is -2.07. The summed E-state index contributed by atoms with van der Waals surface area (Å²) in [6.45, 7) is 3.37. The van der Waals surface area contributed by atoms with E-state index in [1.165, 1.54) is 20.5 Å². The lowest BCUT2D eigenvalue weighted by Gasteiger charge is -2.05. The number of aryl methyl sites for hydroxylation is 1. The van der Waals surface area contributed by atoms with Gasteiger partial charge in [0.05, 0.1) is 0 Å². The molecule has 0 saturated carbocycles. The van der Waals surface area contributed by atoms with Crippen LogP contribution in [0.3, 0.4) is 0 Å². The van der Waals surface area contributed by atoms with Crippen LogP contribution in [0.15, 0.2) is 30.3 Å². The van der Waals surface area contributed by atoms with Crippen LogP contribution in [0.2, 0.25) is 0 Å². The Labute approximate surface area is 121 Å². The van der Waals surface area contributed by atoms with Crippen molar-refractivity contribution in [2.24, 2.45) is 0 Å². The Kier molecular flexibility index (Phi) is 3.71. The zero-order valence-corrected chi connectivity index (χ0v) is 12.4. The topological polar surface area (TPSA) is 49.9 Å². The average Bonchev–Trinajstić information content (AvgIpc) is 3.00. The van der Waals surface area contributed by atoms with Gasteiger partial charge in [0.15, 0.2) is 0 Å². The molecule has 0 aliphatic heterocycles. The molecule has 2 aromatic heterocycles. The molecule has 104 valence electrons. The van der Waals surface area contributed by atoms with Crippen LogP contribution in [0.5, 0.6) is 5.88 Å². The molecule has 0 unspecified atom stereocenters. The zero-order chi connectivity index (χ0) is 13.9. The summed E-state index contributed by atoms with van der Waals surface area (Å²) in [5, 5.41) is 11.5. The molecule has 0 saturated heterocycles. The molecule has 3 rings (SSSR count). The number of nitrogens with zero attached hydrogens (tertiary/aromatic N) is 1. The van der Waals surface area contributed by atoms with Crippen LogP contribution in [-0.4, -0.2) is 17.2 Å². The van der Waals surface area contributed by atoms with E-state index in [0.717, 1.165) is 12.2 Å². The van der Waals surface area contributed by atoms with Crippen LogP contribution < -0.4 is 10.1 Å². The summed E-state index contributed by atoms with van der Waals surface area (Å²) in [5.74, 6) is 0.646. The van der Waals surface area contributed by atoms with E-state index in [1.54, 1.807) is 0 Å². The maximum atomic E-state index is 5.80. The van der Waals surface area contributed by atoms with Crippen molar-refractivity contribution in [1.29, 1.82) is 0 Å². The van der Waals surface area contributed by atoms with Gasteiger partial charge < -0.3 is 10.1 Å². The molecule has 3 aromatic rings. The Bertz CT molecular complexity index is 717. The first-order valence-corrected chi connectivity index (χ1v) is 7.38. The van der Waals surface area contributed by atoms with E-state index in [2.05, 4.69) is 39.8 Å². The Balaban J connectivity index is 1.90. The van der Waals surface area contributed by atoms with Crippen LogP contribution in [-0.2, 0) is 13.2 Å². The van der Waals surface area contributed by atoms with Crippen molar-refractivity contribution in [2.75, 3.05) is 7.05 Å². The largest absolute Gasteiger partial charge is 0.472 e. The highest BCUT2D eigenvalue weighted by atomic mass is 32.1. The van der Waals surface area contributed by atoms with Crippen molar-refractivity contribution in [3.8, 4) is 5.88 Å². The van der Waals surface area contributed by atoms with Gasteiger partial charge in [-0.1, -0.05) is 18.2 Å². The third-order valence-corrected chi connectivity index (χ3v) is 4.38. The molecule has 0 fully saturated rings. The smallest absolute Gasteiger partial charge is 0.233 e. The molecule has 0 aliphatic rings. The Morgan fingerprint density at radius 2 is 2.20 bits per heavy atom. The molecule has 20 heavy (non-hydrogen) atoms. The van der Waals surface area contributed by atoms with E-state index < -0.39 is 0 Å². The molecule has 2 heterocycles. The number of rotatable bonds is 5. The molecule has 0 spiro atoms. The van der Waals surface area contributed by atoms with Crippen molar-refractivity contribution in [3.05, 3.63) is 46.5 Å². The third-order valence-electron chi connectivity index (χ3n) is 3.17. The maximum absolute atomic E-state index is 5.80. The maximum Gasteiger partial charge on any atom is 0.233 e. The van der Waals surface area contributed by atoms with E-state index in [1.807, 2.05) is 31.4 Å². The van der Waals surface area contributed by atoms with Crippen LogP contribution in [0.1, 0.15) is 16.1 Å². The summed E-state index contributed by atoms with van der Waals surface area (Å²) in [6, 6.07) is 10.4. The van der Waals surface area contributed by atoms with Crippen molar-refractivity contribution in [2.45, 2.75) is 20.1 Å². The SMILES string of the molecule is CNCc1sc2ccccc2c1COc1cc(C)[nH]n1. The quantitative estimate of drug-likeness (QED) is 0.757. The highest BCUT2D eigenvalue weighted by Gasteiger charge is 2.12. The molecule has 5 heteroatoms. The monoisotopic (exact) mass is 287 g/mol. The number of fused-ring (bicyclic) bond motifs is 1. The van der Waals surface area contributed by atoms with Gasteiger partial charge in [0.25, 0.3) is 0 Å². The molecular formula is C15H17N3OS. The fourth-order valence-electron chi connectivity index (χ4n) is 2.22. The first kappa shape index (κ1) is 13.1. The van der Waals surface area contributed by atoms with Gasteiger partial charge >= 0.3 is 0 Å². The predicted molar refractivity (Wildman–Crippen MR) is 82.2 cm³/mol. The van der Waals surface area contributed by atoms with Crippen LogP contribution in [0, 0.1) is 6.92 Å². The second kappa shape index (κ2) is 5.64. The normalized spacial score (nSPS) is 11.1. The highest BCUT2D eigenvalue weighted by molar-refractivity contribution is 7.19. The number of ether oxygens (including phenoxy) is 1. The molecule has 0 bridgehead atoms. The van der Waals surface area contributed by atoms with Crippen LogP contribution in [0.4, 0.5) is 0 Å². The van der Waals surface area contributed by atoms with Gasteiger partial charge in [-0.15, -0.1) is 16.4 Å². The molecular weight excluding hydrogens is 270 g/mol. The third kappa shape index (κ3) is 2.55. The summed E-state index contributed by atoms with van der Waals surface area (Å²) in [5.41, 5.74) is 2.26. The minimum absolute atomic E-state index is 0.547. The average molecular weight is 287 g/mol. The Morgan fingerprint density at radius 3 is 2.95 bits per heavy atom. The summed E-state index contributed by atoms with van der Waals surface area (Å²) in [6.07, 6.45) is 0. The number of nitrogens with one attached hydrogen (secondary N) is 2. The molecule has 2 N–H and O–H groups in total. The van der Waals surface area contributed by atoms with E-state index in [0.29, 0.717) is 12.5 Å². The first-order chi connectivity index (χ1) is 9.78. The molecule has 0 radical (unpaired) electrons. The van der Waals surface area contributed by atoms with Gasteiger partial charge in [-0.05, 0) is 25.4 Å². The first-order valence-electron chi connectivity index (χ1n) is 6.56. The minimum atomic E-state index is 0.547. The van der Waals surface area contributed by atoms with Crippen molar-refractivity contribution < 1.29 is 4.74 Å². The molecule has 0 amide bonds. The standard InChI is InChI=1S/C15H17N3OS/c1-10-7-15(18-17-10)19-9-12-11-5-3-4-6-13(11)20-14(12)8-16-2/h3-7,16H,8-9H2,1-2H3,(H,17,18). The Morgan fingerprint density at radius 1 is 1.35 bits per heavy atom. The highest BCUT2D eigenvalue weighted by Crippen LogP contribution is 2.32. The fraction of sp³-hybridized carbons (Fsp3) is 0.267. The molecule has 0 atom stereocenters. The number of hydrogen-bond donors (Lipinski definition) is 2. The van der Waals surface area contributed by atoms with Crippen molar-refractivity contribution >= 4 is 21.4 Å². The number of H-pyrrole nitrogens is 1. The minimum Gasteiger partial charge on any atom is -0.472 e. The molecule has 0 aliphatic carbocycles. The number of aromatic amines is 1. The van der Waals surface area contributed by atoms with E-state index in [4.69, 9.17) is 4.74 Å². The fourth-order valence-corrected chi connectivity index (χ4v) is 3.45. The zero-order valence-electron chi connectivity index (χ0n) is 11.6. The van der Waals surface area contributed by atoms with Crippen molar-refractivity contribution in [3.63, 3.8) is 0 Å². The van der Waals surface area contributed by atoms with Gasteiger partial charge in [0.1, 0.15) is 6.61 Å². The van der Waals surface area contributed by atoms with Crippen molar-refractivity contribution in [1.82, 2.24) is 15.5 Å². The summed E-state index contributed by atoms with van der Waals surface area (Å²) >= 11 is 1.82. The predicted octanol–water partition coefficient (Wildman–Crippen LogP) is 3.23. The summed E-state index contributed by atoms with van der Waals surface area (Å²) < 4.78 is 7.10. The van der Waals surface area contributed by atoms with E-state index in [-0.39, 0.29) is 0 Å². The van der Waals surface area contributed by atoms with Gasteiger partial charge in [0.2, 0.25) is 5.88 Å². The lowest BCUT2D eigenvalue weighted by atomic mass is 10.1. The number of hydrogen-bond acceptors (Lipinski definition) is 4. The number of benzene rings is 1. The molecule has 1 aromatic carbocycles.